The Hall–Kier alpha value is -0.260. The van der Waals surface area contributed by atoms with E-state index in [0.29, 0.717) is 0 Å². The predicted molar refractivity (Wildman–Crippen MR) is 127 cm³/mol. The van der Waals surface area contributed by atoms with Crippen molar-refractivity contribution >= 4 is 0 Å². The Labute approximate surface area is 178 Å². The van der Waals surface area contributed by atoms with Crippen molar-refractivity contribution in [2.24, 2.45) is 47.3 Å². The third kappa shape index (κ3) is 7.21. The summed E-state index contributed by atoms with van der Waals surface area (Å²) in [6, 6.07) is 0. The van der Waals surface area contributed by atoms with E-state index >= 15 is 0 Å². The minimum Gasteiger partial charge on any atom is -0.0851 e. The SMILES string of the molecule is CCC(/C(C)=C\CC(C)CCC1CCC(C2CCC(C)C2)CC1)C(C)C(C)C. The Bertz CT molecular complexity index is 451. The lowest BCUT2D eigenvalue weighted by Crippen LogP contribution is -2.20. The molecule has 2 fully saturated rings. The standard InChI is InChI=1S/C28H52/c1-8-28(24(7)20(2)3)23(6)12-9-21(4)10-13-25-14-17-26(18-15-25)27-16-11-22(5)19-27/h12,20-22,24-28H,8-11,13-19H2,1-7H3/b23-12-. The molecule has 2 saturated carbocycles. The molecule has 5 unspecified atom stereocenters. The minimum absolute atomic E-state index is 0.779. The summed E-state index contributed by atoms with van der Waals surface area (Å²) in [5.74, 6) is 7.43. The molecule has 0 aliphatic heterocycles. The molecule has 2 aliphatic carbocycles. The lowest BCUT2D eigenvalue weighted by atomic mass is 9.73. The molecule has 0 N–H and O–H groups in total. The summed E-state index contributed by atoms with van der Waals surface area (Å²) in [5.41, 5.74) is 1.65. The van der Waals surface area contributed by atoms with Crippen LogP contribution in [-0.2, 0) is 0 Å². The van der Waals surface area contributed by atoms with Crippen molar-refractivity contribution in [3.05, 3.63) is 11.6 Å². The number of allylic oxidation sites excluding steroid dienone is 2. The quantitative estimate of drug-likeness (QED) is 0.327. The molecular formula is C28H52. The molecule has 0 radical (unpaired) electrons. The van der Waals surface area contributed by atoms with Gasteiger partial charge in [0.2, 0.25) is 0 Å². The maximum atomic E-state index is 2.59. The van der Waals surface area contributed by atoms with Crippen LogP contribution in [0.15, 0.2) is 11.6 Å². The molecule has 2 aliphatic rings. The van der Waals surface area contributed by atoms with Crippen molar-refractivity contribution in [3.8, 4) is 0 Å². The Morgan fingerprint density at radius 3 is 2.11 bits per heavy atom. The van der Waals surface area contributed by atoms with E-state index in [1.807, 2.05) is 0 Å². The van der Waals surface area contributed by atoms with E-state index in [4.69, 9.17) is 0 Å². The van der Waals surface area contributed by atoms with Gasteiger partial charge in [0.1, 0.15) is 0 Å². The summed E-state index contributed by atoms with van der Waals surface area (Å²) < 4.78 is 0. The van der Waals surface area contributed by atoms with E-state index in [0.717, 1.165) is 47.3 Å². The van der Waals surface area contributed by atoms with Crippen molar-refractivity contribution in [3.63, 3.8) is 0 Å². The van der Waals surface area contributed by atoms with Gasteiger partial charge in [-0.05, 0) is 92.8 Å². The molecule has 0 heteroatoms. The summed E-state index contributed by atoms with van der Waals surface area (Å²) in [6.45, 7) is 16.9. The first kappa shape index (κ1) is 24.0. The van der Waals surface area contributed by atoms with Crippen LogP contribution < -0.4 is 0 Å². The molecule has 2 rings (SSSR count). The van der Waals surface area contributed by atoms with Gasteiger partial charge in [0.15, 0.2) is 0 Å². The molecule has 0 aromatic rings. The average molecular weight is 389 g/mol. The summed E-state index contributed by atoms with van der Waals surface area (Å²) in [5, 5.41) is 0. The molecule has 0 bridgehead atoms. The predicted octanol–water partition coefficient (Wildman–Crippen LogP) is 9.30. The van der Waals surface area contributed by atoms with Gasteiger partial charge in [-0.2, -0.15) is 0 Å². The van der Waals surface area contributed by atoms with E-state index in [-0.39, 0.29) is 0 Å². The molecule has 0 spiro atoms. The van der Waals surface area contributed by atoms with Gasteiger partial charge in [0.25, 0.3) is 0 Å². The summed E-state index contributed by atoms with van der Waals surface area (Å²) in [6.07, 6.45) is 18.8. The van der Waals surface area contributed by atoms with Crippen LogP contribution in [0.5, 0.6) is 0 Å². The molecular weight excluding hydrogens is 336 g/mol. The number of hydrogen-bond acceptors (Lipinski definition) is 0. The first-order valence-corrected chi connectivity index (χ1v) is 13.0. The highest BCUT2D eigenvalue weighted by molar-refractivity contribution is 5.05. The zero-order valence-corrected chi connectivity index (χ0v) is 20.5. The lowest BCUT2D eigenvalue weighted by Gasteiger charge is -2.32. The first-order chi connectivity index (χ1) is 13.3. The van der Waals surface area contributed by atoms with E-state index in [1.54, 1.807) is 18.4 Å². The molecule has 28 heavy (non-hydrogen) atoms. The highest BCUT2D eigenvalue weighted by Gasteiger charge is 2.31. The minimum atomic E-state index is 0.779. The largest absolute Gasteiger partial charge is 0.0851 e. The van der Waals surface area contributed by atoms with Crippen LogP contribution in [-0.4, -0.2) is 0 Å². The highest BCUT2D eigenvalue weighted by atomic mass is 14.4. The fourth-order valence-electron chi connectivity index (χ4n) is 6.38. The van der Waals surface area contributed by atoms with E-state index in [1.165, 1.54) is 57.8 Å². The van der Waals surface area contributed by atoms with Crippen LogP contribution in [0.3, 0.4) is 0 Å². The molecule has 0 aromatic carbocycles. The van der Waals surface area contributed by atoms with Crippen molar-refractivity contribution < 1.29 is 0 Å². The lowest BCUT2D eigenvalue weighted by molar-refractivity contribution is 0.192. The van der Waals surface area contributed by atoms with Gasteiger partial charge in [0.05, 0.1) is 0 Å². The van der Waals surface area contributed by atoms with Crippen LogP contribution in [0.2, 0.25) is 0 Å². The van der Waals surface area contributed by atoms with Crippen molar-refractivity contribution in [1.29, 1.82) is 0 Å². The van der Waals surface area contributed by atoms with E-state index in [9.17, 15) is 0 Å². The molecule has 5 atom stereocenters. The summed E-state index contributed by atoms with van der Waals surface area (Å²) in [7, 11) is 0. The van der Waals surface area contributed by atoms with E-state index in [2.05, 4.69) is 54.5 Å². The van der Waals surface area contributed by atoms with Gasteiger partial charge in [-0.3, -0.25) is 0 Å². The topological polar surface area (TPSA) is 0 Å². The van der Waals surface area contributed by atoms with Crippen molar-refractivity contribution in [2.45, 2.75) is 119 Å². The van der Waals surface area contributed by atoms with Crippen molar-refractivity contribution in [2.75, 3.05) is 0 Å². The molecule has 0 amide bonds. The Kier molecular flexibility index (Phi) is 10.1. The van der Waals surface area contributed by atoms with Crippen LogP contribution >= 0.6 is 0 Å². The van der Waals surface area contributed by atoms with Gasteiger partial charge >= 0.3 is 0 Å². The van der Waals surface area contributed by atoms with E-state index < -0.39 is 0 Å². The second kappa shape index (κ2) is 11.8. The molecule has 0 saturated heterocycles. The Balaban J connectivity index is 1.67. The van der Waals surface area contributed by atoms with Gasteiger partial charge in [-0.25, -0.2) is 0 Å². The smallest absolute Gasteiger partial charge is 0.0180 e. The maximum absolute atomic E-state index is 2.59. The summed E-state index contributed by atoms with van der Waals surface area (Å²) >= 11 is 0. The molecule has 0 aromatic heterocycles. The number of hydrogen-bond donors (Lipinski definition) is 0. The summed E-state index contributed by atoms with van der Waals surface area (Å²) in [4.78, 5) is 0. The molecule has 164 valence electrons. The molecule has 0 nitrogen and oxygen atoms in total. The highest BCUT2D eigenvalue weighted by Crippen LogP contribution is 2.43. The van der Waals surface area contributed by atoms with Gasteiger partial charge < -0.3 is 0 Å². The van der Waals surface area contributed by atoms with Gasteiger partial charge in [0, 0.05) is 0 Å². The second-order valence-electron chi connectivity index (χ2n) is 11.4. The fraction of sp³-hybridized carbons (Fsp3) is 0.929. The van der Waals surface area contributed by atoms with Crippen LogP contribution in [0, 0.1) is 47.3 Å². The van der Waals surface area contributed by atoms with Gasteiger partial charge in [-0.1, -0.05) is 85.3 Å². The maximum Gasteiger partial charge on any atom is -0.0180 e. The first-order valence-electron chi connectivity index (χ1n) is 13.0. The van der Waals surface area contributed by atoms with Crippen LogP contribution in [0.25, 0.3) is 0 Å². The number of rotatable bonds is 10. The fourth-order valence-corrected chi connectivity index (χ4v) is 6.38. The monoisotopic (exact) mass is 388 g/mol. The van der Waals surface area contributed by atoms with Crippen LogP contribution in [0.4, 0.5) is 0 Å². The second-order valence-corrected chi connectivity index (χ2v) is 11.4. The van der Waals surface area contributed by atoms with Crippen molar-refractivity contribution in [1.82, 2.24) is 0 Å². The third-order valence-corrected chi connectivity index (χ3v) is 8.91. The Morgan fingerprint density at radius 2 is 1.57 bits per heavy atom. The van der Waals surface area contributed by atoms with Crippen LogP contribution in [0.1, 0.15) is 119 Å². The Morgan fingerprint density at radius 1 is 0.929 bits per heavy atom. The third-order valence-electron chi connectivity index (χ3n) is 8.91. The van der Waals surface area contributed by atoms with Gasteiger partial charge in [-0.15, -0.1) is 0 Å². The zero-order chi connectivity index (χ0) is 20.7. The normalized spacial score (nSPS) is 32.5. The zero-order valence-electron chi connectivity index (χ0n) is 20.5. The average Bonchev–Trinajstić information content (AvgIpc) is 3.11. The molecule has 0 heterocycles.